The molecular formula is C17H21N5. The number of hydrogen-bond acceptors (Lipinski definition) is 4. The van der Waals surface area contributed by atoms with E-state index in [-0.39, 0.29) is 0 Å². The lowest BCUT2D eigenvalue weighted by molar-refractivity contribution is 0.352. The van der Waals surface area contributed by atoms with Crippen LogP contribution in [0.1, 0.15) is 26.1 Å². The van der Waals surface area contributed by atoms with E-state index in [0.717, 1.165) is 41.4 Å². The predicted octanol–water partition coefficient (Wildman–Crippen LogP) is 3.07. The maximum absolute atomic E-state index is 4.90. The lowest BCUT2D eigenvalue weighted by Crippen LogP contribution is -2.40. The van der Waals surface area contributed by atoms with Crippen LogP contribution in [0, 0.1) is 18.8 Å². The van der Waals surface area contributed by atoms with E-state index in [0.29, 0.717) is 11.8 Å². The number of aryl methyl sites for hydroxylation is 1. The van der Waals surface area contributed by atoms with E-state index in [1.54, 1.807) is 0 Å². The number of hydrogen-bond donors (Lipinski definition) is 0. The van der Waals surface area contributed by atoms with E-state index in [2.05, 4.69) is 41.0 Å². The number of rotatable bonds is 1. The largest absolute Gasteiger partial charge is 0.340 e. The summed E-state index contributed by atoms with van der Waals surface area (Å²) in [6.45, 7) is 8.63. The van der Waals surface area contributed by atoms with Crippen LogP contribution in [0.3, 0.4) is 0 Å². The highest BCUT2D eigenvalue weighted by molar-refractivity contribution is 5.92. The molecule has 1 aromatic carbocycles. The van der Waals surface area contributed by atoms with E-state index >= 15 is 0 Å². The van der Waals surface area contributed by atoms with Crippen molar-refractivity contribution < 1.29 is 0 Å². The zero-order chi connectivity index (χ0) is 15.3. The van der Waals surface area contributed by atoms with Crippen LogP contribution in [-0.2, 0) is 0 Å². The highest BCUT2D eigenvalue weighted by Gasteiger charge is 2.25. The third-order valence-electron chi connectivity index (χ3n) is 4.42. The van der Waals surface area contributed by atoms with Crippen LogP contribution in [0.5, 0.6) is 0 Å². The fourth-order valence-corrected chi connectivity index (χ4v) is 3.68. The van der Waals surface area contributed by atoms with Gasteiger partial charge >= 0.3 is 0 Å². The Balaban J connectivity index is 1.95. The molecule has 3 aromatic rings. The quantitative estimate of drug-likeness (QED) is 0.692. The molecule has 114 valence electrons. The first-order valence-corrected chi connectivity index (χ1v) is 7.99. The number of aromatic nitrogens is 4. The van der Waals surface area contributed by atoms with Crippen LogP contribution in [0.25, 0.3) is 16.6 Å². The van der Waals surface area contributed by atoms with Gasteiger partial charge in [0.15, 0.2) is 5.65 Å². The Morgan fingerprint density at radius 2 is 1.77 bits per heavy atom. The lowest BCUT2D eigenvalue weighted by Gasteiger charge is -2.35. The first-order chi connectivity index (χ1) is 10.6. The average molecular weight is 295 g/mol. The van der Waals surface area contributed by atoms with Crippen LogP contribution in [0.2, 0.25) is 0 Å². The predicted molar refractivity (Wildman–Crippen MR) is 88.2 cm³/mol. The second-order valence-electron chi connectivity index (χ2n) is 6.67. The fourth-order valence-electron chi connectivity index (χ4n) is 3.68. The van der Waals surface area contributed by atoms with E-state index in [1.807, 2.05) is 23.6 Å². The number of anilines is 1. The molecule has 1 aliphatic rings. The van der Waals surface area contributed by atoms with Crippen molar-refractivity contribution >= 4 is 22.5 Å². The average Bonchev–Trinajstić information content (AvgIpc) is 2.87. The summed E-state index contributed by atoms with van der Waals surface area (Å²) in [5.74, 6) is 3.07. The topological polar surface area (TPSA) is 46.3 Å². The van der Waals surface area contributed by atoms with Crippen molar-refractivity contribution in [2.24, 2.45) is 11.8 Å². The summed E-state index contributed by atoms with van der Waals surface area (Å²) in [5.41, 5.74) is 1.90. The number of benzene rings is 1. The molecule has 0 aliphatic carbocycles. The highest BCUT2D eigenvalue weighted by atomic mass is 15.4. The van der Waals surface area contributed by atoms with Crippen molar-refractivity contribution in [1.29, 1.82) is 0 Å². The third kappa shape index (κ3) is 2.12. The molecule has 5 heteroatoms. The monoisotopic (exact) mass is 295 g/mol. The second kappa shape index (κ2) is 4.93. The minimum absolute atomic E-state index is 0.677. The standard InChI is InChI=1S/C17H21N5/c1-11-8-12(2)10-21(9-11)17-19-15-7-5-4-6-14(15)16-18-13(3)20-22(16)17/h4-7,11-12H,8-10H2,1-3H3/t11-,12+. The molecule has 1 fully saturated rings. The van der Waals surface area contributed by atoms with Gasteiger partial charge in [0.05, 0.1) is 5.52 Å². The van der Waals surface area contributed by atoms with Crippen LogP contribution in [0.15, 0.2) is 24.3 Å². The van der Waals surface area contributed by atoms with Gasteiger partial charge in [0.25, 0.3) is 0 Å². The highest BCUT2D eigenvalue weighted by Crippen LogP contribution is 2.28. The zero-order valence-corrected chi connectivity index (χ0v) is 13.3. The van der Waals surface area contributed by atoms with Gasteiger partial charge in [-0.1, -0.05) is 26.0 Å². The molecule has 2 aromatic heterocycles. The van der Waals surface area contributed by atoms with Crippen LogP contribution >= 0.6 is 0 Å². The van der Waals surface area contributed by atoms with Gasteiger partial charge in [-0.3, -0.25) is 0 Å². The Labute approximate surface area is 130 Å². The first-order valence-electron chi connectivity index (χ1n) is 7.99. The van der Waals surface area contributed by atoms with E-state index < -0.39 is 0 Å². The summed E-state index contributed by atoms with van der Waals surface area (Å²) < 4.78 is 1.92. The molecule has 3 heterocycles. The van der Waals surface area contributed by atoms with E-state index in [1.165, 1.54) is 6.42 Å². The molecule has 1 saturated heterocycles. The van der Waals surface area contributed by atoms with Gasteiger partial charge in [0, 0.05) is 18.5 Å². The molecule has 22 heavy (non-hydrogen) atoms. The number of nitrogens with zero attached hydrogens (tertiary/aromatic N) is 5. The maximum atomic E-state index is 4.90. The summed E-state index contributed by atoms with van der Waals surface area (Å²) in [7, 11) is 0. The zero-order valence-electron chi connectivity index (χ0n) is 13.3. The smallest absolute Gasteiger partial charge is 0.229 e. The van der Waals surface area contributed by atoms with Crippen molar-refractivity contribution in [2.45, 2.75) is 27.2 Å². The van der Waals surface area contributed by atoms with Gasteiger partial charge < -0.3 is 4.90 Å². The minimum Gasteiger partial charge on any atom is -0.340 e. The first kappa shape index (κ1) is 13.5. The molecule has 0 N–H and O–H groups in total. The Morgan fingerprint density at radius 1 is 1.05 bits per heavy atom. The Kier molecular flexibility index (Phi) is 3.03. The molecule has 0 saturated carbocycles. The van der Waals surface area contributed by atoms with Gasteiger partial charge in [-0.05, 0) is 37.3 Å². The second-order valence-corrected chi connectivity index (χ2v) is 6.67. The lowest BCUT2D eigenvalue weighted by atomic mass is 9.92. The Bertz CT molecular complexity index is 828. The van der Waals surface area contributed by atoms with Gasteiger partial charge in [-0.2, -0.15) is 4.52 Å². The Hall–Kier alpha value is -2.17. The van der Waals surface area contributed by atoms with E-state index in [9.17, 15) is 0 Å². The summed E-state index contributed by atoms with van der Waals surface area (Å²) >= 11 is 0. The van der Waals surface area contributed by atoms with Gasteiger partial charge in [-0.25, -0.2) is 9.97 Å². The fraction of sp³-hybridized carbons (Fsp3) is 0.471. The van der Waals surface area contributed by atoms with Crippen molar-refractivity contribution in [3.63, 3.8) is 0 Å². The molecular weight excluding hydrogens is 274 g/mol. The summed E-state index contributed by atoms with van der Waals surface area (Å²) in [5, 5.41) is 5.65. The van der Waals surface area contributed by atoms with Gasteiger partial charge in [-0.15, -0.1) is 5.10 Å². The van der Waals surface area contributed by atoms with Crippen molar-refractivity contribution in [3.8, 4) is 0 Å². The number of para-hydroxylation sites is 1. The summed E-state index contributed by atoms with van der Waals surface area (Å²) in [6, 6.07) is 8.18. The minimum atomic E-state index is 0.677. The van der Waals surface area contributed by atoms with Crippen molar-refractivity contribution in [3.05, 3.63) is 30.1 Å². The normalized spacial score (nSPS) is 22.6. The summed E-state index contributed by atoms with van der Waals surface area (Å²) in [6.07, 6.45) is 1.28. The summed E-state index contributed by atoms with van der Waals surface area (Å²) in [4.78, 5) is 11.9. The maximum Gasteiger partial charge on any atom is 0.229 e. The van der Waals surface area contributed by atoms with Crippen molar-refractivity contribution in [1.82, 2.24) is 19.6 Å². The number of fused-ring (bicyclic) bond motifs is 3. The van der Waals surface area contributed by atoms with Crippen LogP contribution in [0.4, 0.5) is 5.95 Å². The Morgan fingerprint density at radius 3 is 2.55 bits per heavy atom. The molecule has 2 atom stereocenters. The van der Waals surface area contributed by atoms with E-state index in [4.69, 9.17) is 4.98 Å². The van der Waals surface area contributed by atoms with Gasteiger partial charge in [0.2, 0.25) is 5.95 Å². The molecule has 5 nitrogen and oxygen atoms in total. The molecule has 0 bridgehead atoms. The van der Waals surface area contributed by atoms with Gasteiger partial charge in [0.1, 0.15) is 5.82 Å². The molecule has 0 radical (unpaired) electrons. The SMILES string of the molecule is Cc1nc2c3ccccc3nc(N3C[C@H](C)C[C@H](C)C3)n2n1. The molecule has 4 rings (SSSR count). The molecule has 0 amide bonds. The molecule has 0 spiro atoms. The molecule has 1 aliphatic heterocycles. The number of piperidine rings is 1. The van der Waals surface area contributed by atoms with Crippen molar-refractivity contribution in [2.75, 3.05) is 18.0 Å². The third-order valence-corrected chi connectivity index (χ3v) is 4.42. The van der Waals surface area contributed by atoms with Crippen LogP contribution in [-0.4, -0.2) is 32.7 Å². The van der Waals surface area contributed by atoms with Crippen LogP contribution < -0.4 is 4.90 Å². The molecule has 0 unspecified atom stereocenters.